The molecule has 0 aliphatic rings. The summed E-state index contributed by atoms with van der Waals surface area (Å²) in [5, 5.41) is 30.2. The fraction of sp³-hybridized carbons (Fsp3) is 0. The molecule has 0 saturated carbocycles. The highest BCUT2D eigenvalue weighted by molar-refractivity contribution is 5.94. The van der Waals surface area contributed by atoms with Gasteiger partial charge in [-0.3, -0.25) is 4.79 Å². The lowest BCUT2D eigenvalue weighted by atomic mass is 10.0. The van der Waals surface area contributed by atoms with Gasteiger partial charge in [-0.25, -0.2) is 0 Å². The van der Waals surface area contributed by atoms with Gasteiger partial charge in [0.15, 0.2) is 5.43 Å². The summed E-state index contributed by atoms with van der Waals surface area (Å²) >= 11 is 0. The first-order valence-corrected chi connectivity index (χ1v) is 8.08. The van der Waals surface area contributed by atoms with Crippen LogP contribution in [0.25, 0.3) is 22.1 Å². The van der Waals surface area contributed by atoms with E-state index in [1.807, 2.05) is 0 Å². The minimum atomic E-state index is -0.514. The standard InChI is InChI=1S/C21H14O6/c22-13-6-8-14(9-7-13)26-18-11-16(24)20-17(27-18)10-15(23)19(21(20)25)12-4-2-1-3-5-12/h1-11,22-23,25H. The number of rotatable bonds is 3. The van der Waals surface area contributed by atoms with Crippen molar-refractivity contribution in [3.05, 3.63) is 77.0 Å². The quantitative estimate of drug-likeness (QED) is 0.500. The number of benzene rings is 3. The van der Waals surface area contributed by atoms with Gasteiger partial charge in [-0.2, -0.15) is 0 Å². The lowest BCUT2D eigenvalue weighted by Crippen LogP contribution is -2.02. The topological polar surface area (TPSA) is 100 Å². The summed E-state index contributed by atoms with van der Waals surface area (Å²) in [6.45, 7) is 0. The number of hydrogen-bond donors (Lipinski definition) is 3. The minimum absolute atomic E-state index is 0.00837. The molecule has 4 aromatic rings. The van der Waals surface area contributed by atoms with Crippen molar-refractivity contribution in [2.45, 2.75) is 0 Å². The highest BCUT2D eigenvalue weighted by Crippen LogP contribution is 2.42. The number of hydrogen-bond acceptors (Lipinski definition) is 6. The maximum atomic E-state index is 12.5. The van der Waals surface area contributed by atoms with E-state index in [4.69, 9.17) is 9.15 Å². The largest absolute Gasteiger partial charge is 0.508 e. The van der Waals surface area contributed by atoms with E-state index in [1.54, 1.807) is 30.3 Å². The molecular formula is C21H14O6. The molecule has 0 aliphatic heterocycles. The molecule has 1 aromatic heterocycles. The highest BCUT2D eigenvalue weighted by atomic mass is 16.6. The van der Waals surface area contributed by atoms with Gasteiger partial charge in [0.25, 0.3) is 5.95 Å². The Morgan fingerprint density at radius 1 is 0.852 bits per heavy atom. The van der Waals surface area contributed by atoms with Crippen LogP contribution < -0.4 is 10.2 Å². The highest BCUT2D eigenvalue weighted by Gasteiger charge is 2.19. The predicted octanol–water partition coefficient (Wildman–Crippen LogP) is 4.37. The summed E-state index contributed by atoms with van der Waals surface area (Å²) in [7, 11) is 0. The van der Waals surface area contributed by atoms with E-state index in [0.717, 1.165) is 6.07 Å². The molecule has 0 amide bonds. The van der Waals surface area contributed by atoms with Gasteiger partial charge in [-0.15, -0.1) is 0 Å². The zero-order chi connectivity index (χ0) is 19.0. The molecule has 0 spiro atoms. The normalized spacial score (nSPS) is 10.8. The molecule has 0 aliphatic carbocycles. The Bertz CT molecular complexity index is 1180. The Balaban J connectivity index is 1.84. The summed E-state index contributed by atoms with van der Waals surface area (Å²) in [5.74, 6) is -0.267. The van der Waals surface area contributed by atoms with Gasteiger partial charge >= 0.3 is 0 Å². The van der Waals surface area contributed by atoms with Crippen LogP contribution >= 0.6 is 0 Å². The number of ether oxygens (including phenoxy) is 1. The van der Waals surface area contributed by atoms with Crippen LogP contribution in [0, 0.1) is 0 Å². The van der Waals surface area contributed by atoms with Gasteiger partial charge in [0, 0.05) is 6.07 Å². The molecule has 0 atom stereocenters. The maximum Gasteiger partial charge on any atom is 0.294 e. The molecule has 0 unspecified atom stereocenters. The molecule has 0 radical (unpaired) electrons. The molecule has 3 N–H and O–H groups in total. The van der Waals surface area contributed by atoms with Gasteiger partial charge in [-0.05, 0) is 29.8 Å². The smallest absolute Gasteiger partial charge is 0.294 e. The third-order valence-corrected chi connectivity index (χ3v) is 4.07. The van der Waals surface area contributed by atoms with E-state index in [-0.39, 0.29) is 39.7 Å². The molecule has 6 nitrogen and oxygen atoms in total. The van der Waals surface area contributed by atoms with Crippen LogP contribution in [0.1, 0.15) is 0 Å². The summed E-state index contributed by atoms with van der Waals surface area (Å²) in [4.78, 5) is 12.5. The molecule has 0 saturated heterocycles. The molecule has 4 rings (SSSR count). The molecule has 27 heavy (non-hydrogen) atoms. The Morgan fingerprint density at radius 3 is 2.26 bits per heavy atom. The average Bonchev–Trinajstić information content (AvgIpc) is 2.64. The lowest BCUT2D eigenvalue weighted by Gasteiger charge is -2.11. The second-order valence-corrected chi connectivity index (χ2v) is 5.88. The van der Waals surface area contributed by atoms with E-state index >= 15 is 0 Å². The number of fused-ring (bicyclic) bond motifs is 1. The summed E-state index contributed by atoms with van der Waals surface area (Å²) in [6, 6.07) is 17.0. The van der Waals surface area contributed by atoms with Gasteiger partial charge < -0.3 is 24.5 Å². The van der Waals surface area contributed by atoms with E-state index < -0.39 is 5.43 Å². The molecule has 0 bridgehead atoms. The molecule has 0 fully saturated rings. The van der Waals surface area contributed by atoms with Crippen molar-refractivity contribution in [3.8, 4) is 40.1 Å². The SMILES string of the molecule is O=c1cc(Oc2ccc(O)cc2)oc2cc(O)c(-c3ccccc3)c(O)c12. The number of phenolic OH excluding ortho intramolecular Hbond substituents is 3. The van der Waals surface area contributed by atoms with Crippen molar-refractivity contribution in [2.75, 3.05) is 0 Å². The third-order valence-electron chi connectivity index (χ3n) is 4.07. The van der Waals surface area contributed by atoms with Crippen LogP contribution in [0.3, 0.4) is 0 Å². The fourth-order valence-electron chi connectivity index (χ4n) is 2.84. The van der Waals surface area contributed by atoms with E-state index in [2.05, 4.69) is 0 Å². The molecule has 6 heteroatoms. The molecule has 3 aromatic carbocycles. The monoisotopic (exact) mass is 362 g/mol. The maximum absolute atomic E-state index is 12.5. The molecular weight excluding hydrogens is 348 g/mol. The van der Waals surface area contributed by atoms with Crippen molar-refractivity contribution in [1.29, 1.82) is 0 Å². The van der Waals surface area contributed by atoms with E-state index in [9.17, 15) is 20.1 Å². The first kappa shape index (κ1) is 16.5. The molecule has 134 valence electrons. The minimum Gasteiger partial charge on any atom is -0.508 e. The van der Waals surface area contributed by atoms with Gasteiger partial charge in [0.1, 0.15) is 34.0 Å². The third kappa shape index (κ3) is 3.04. The van der Waals surface area contributed by atoms with Crippen molar-refractivity contribution < 1.29 is 24.5 Å². The van der Waals surface area contributed by atoms with Crippen molar-refractivity contribution in [3.63, 3.8) is 0 Å². The second-order valence-electron chi connectivity index (χ2n) is 5.88. The van der Waals surface area contributed by atoms with Crippen LogP contribution in [0.4, 0.5) is 0 Å². The summed E-state index contributed by atoms with van der Waals surface area (Å²) in [6.07, 6.45) is 0. The fourth-order valence-corrected chi connectivity index (χ4v) is 2.84. The van der Waals surface area contributed by atoms with Crippen LogP contribution in [0.2, 0.25) is 0 Å². The lowest BCUT2D eigenvalue weighted by molar-refractivity contribution is 0.352. The van der Waals surface area contributed by atoms with Gasteiger partial charge in [-0.1, -0.05) is 30.3 Å². The van der Waals surface area contributed by atoms with Crippen molar-refractivity contribution in [2.24, 2.45) is 0 Å². The van der Waals surface area contributed by atoms with E-state index in [1.165, 1.54) is 30.3 Å². The van der Waals surface area contributed by atoms with Gasteiger partial charge in [0.2, 0.25) is 0 Å². The molecule has 1 heterocycles. The zero-order valence-corrected chi connectivity index (χ0v) is 13.9. The number of aromatic hydroxyl groups is 3. The van der Waals surface area contributed by atoms with Gasteiger partial charge in [0.05, 0.1) is 11.6 Å². The van der Waals surface area contributed by atoms with E-state index in [0.29, 0.717) is 11.3 Å². The second kappa shape index (κ2) is 6.42. The van der Waals surface area contributed by atoms with Crippen molar-refractivity contribution >= 4 is 11.0 Å². The summed E-state index contributed by atoms with van der Waals surface area (Å²) in [5.41, 5.74) is 0.200. The Morgan fingerprint density at radius 2 is 1.56 bits per heavy atom. The first-order valence-electron chi connectivity index (χ1n) is 8.08. The van der Waals surface area contributed by atoms with Crippen LogP contribution in [0.15, 0.2) is 75.9 Å². The Hall–Kier alpha value is -3.93. The average molecular weight is 362 g/mol. The van der Waals surface area contributed by atoms with Crippen LogP contribution in [-0.2, 0) is 0 Å². The summed E-state index contributed by atoms with van der Waals surface area (Å²) < 4.78 is 11.0. The van der Waals surface area contributed by atoms with Crippen LogP contribution in [-0.4, -0.2) is 15.3 Å². The van der Waals surface area contributed by atoms with Crippen molar-refractivity contribution in [1.82, 2.24) is 0 Å². The zero-order valence-electron chi connectivity index (χ0n) is 13.9. The van der Waals surface area contributed by atoms with Crippen LogP contribution in [0.5, 0.6) is 28.9 Å². The number of phenols is 3. The Kier molecular flexibility index (Phi) is 3.93. The first-order chi connectivity index (χ1) is 13.0. The predicted molar refractivity (Wildman–Crippen MR) is 99.4 cm³/mol. The Labute approximate surface area is 153 Å².